The van der Waals surface area contributed by atoms with E-state index in [0.717, 1.165) is 5.46 Å². The first-order chi connectivity index (χ1) is 9.76. The molecular formula is C19H31BOP. The summed E-state index contributed by atoms with van der Waals surface area (Å²) in [6.07, 6.45) is 1.20. The van der Waals surface area contributed by atoms with E-state index in [9.17, 15) is 0 Å². The Balaban J connectivity index is 2.24. The molecule has 0 fully saturated rings. The average molecular weight is 317 g/mol. The van der Waals surface area contributed by atoms with Gasteiger partial charge >= 0.3 is 7.48 Å². The van der Waals surface area contributed by atoms with E-state index in [2.05, 4.69) is 82.8 Å². The summed E-state index contributed by atoms with van der Waals surface area (Å²) in [4.78, 5) is 0. The van der Waals surface area contributed by atoms with Gasteiger partial charge < -0.3 is 4.65 Å². The van der Waals surface area contributed by atoms with Gasteiger partial charge in [-0.3, -0.25) is 0 Å². The fourth-order valence-electron chi connectivity index (χ4n) is 3.45. The van der Waals surface area contributed by atoms with Crippen molar-refractivity contribution in [3.05, 3.63) is 29.3 Å². The molecule has 1 aromatic rings. The van der Waals surface area contributed by atoms with E-state index in [4.69, 9.17) is 4.65 Å². The minimum Gasteiger partial charge on any atom is -0.429 e. The molecule has 1 aliphatic rings. The second-order valence-electron chi connectivity index (χ2n) is 9.22. The SMILES string of the molecule is CC1(C)CC(C)(C)c2cc([B]OC(C)(C)C(C)(C)P)ccc21. The van der Waals surface area contributed by atoms with Crippen LogP contribution in [0, 0.1) is 0 Å². The topological polar surface area (TPSA) is 9.23 Å². The highest BCUT2D eigenvalue weighted by Gasteiger charge is 2.42. The third-order valence-corrected chi connectivity index (χ3v) is 6.12. The molecule has 0 amide bonds. The van der Waals surface area contributed by atoms with Crippen LogP contribution in [0.3, 0.4) is 0 Å². The molecule has 1 unspecified atom stereocenters. The molecule has 0 heterocycles. The van der Waals surface area contributed by atoms with Gasteiger partial charge in [0.15, 0.2) is 0 Å². The molecule has 0 bridgehead atoms. The van der Waals surface area contributed by atoms with Crippen molar-refractivity contribution in [1.29, 1.82) is 0 Å². The van der Waals surface area contributed by atoms with Gasteiger partial charge in [-0.2, -0.15) is 0 Å². The zero-order valence-corrected chi connectivity index (χ0v) is 16.7. The third-order valence-electron chi connectivity index (χ3n) is 5.43. The Bertz CT molecular complexity index is 567. The van der Waals surface area contributed by atoms with Crippen molar-refractivity contribution in [2.45, 2.75) is 83.4 Å². The lowest BCUT2D eigenvalue weighted by atomic mass is 9.79. The molecule has 0 N–H and O–H groups in total. The van der Waals surface area contributed by atoms with Crippen LogP contribution in [0.15, 0.2) is 18.2 Å². The van der Waals surface area contributed by atoms with Crippen LogP contribution < -0.4 is 5.46 Å². The number of benzene rings is 1. The van der Waals surface area contributed by atoms with E-state index < -0.39 is 0 Å². The summed E-state index contributed by atoms with van der Waals surface area (Å²) in [6, 6.07) is 6.79. The fraction of sp³-hybridized carbons (Fsp3) is 0.684. The van der Waals surface area contributed by atoms with Gasteiger partial charge in [0.05, 0.1) is 5.60 Å². The molecule has 121 valence electrons. The maximum absolute atomic E-state index is 6.11. The highest BCUT2D eigenvalue weighted by molar-refractivity contribution is 7.19. The van der Waals surface area contributed by atoms with Crippen LogP contribution in [-0.2, 0) is 15.5 Å². The maximum atomic E-state index is 6.11. The highest BCUT2D eigenvalue weighted by atomic mass is 31.0. The molecule has 0 saturated carbocycles. The maximum Gasteiger partial charge on any atom is 0.330 e. The summed E-state index contributed by atoms with van der Waals surface area (Å²) in [5.74, 6) is 0. The first kappa shape index (κ1) is 18.0. The molecule has 22 heavy (non-hydrogen) atoms. The first-order valence-corrected chi connectivity index (χ1v) is 8.79. The summed E-state index contributed by atoms with van der Waals surface area (Å²) in [6.45, 7) is 18.0. The lowest BCUT2D eigenvalue weighted by Crippen LogP contribution is -2.45. The van der Waals surface area contributed by atoms with E-state index >= 15 is 0 Å². The van der Waals surface area contributed by atoms with Gasteiger partial charge in [0.2, 0.25) is 0 Å². The molecule has 0 aliphatic heterocycles. The van der Waals surface area contributed by atoms with E-state index in [-0.39, 0.29) is 21.6 Å². The summed E-state index contributed by atoms with van der Waals surface area (Å²) >= 11 is 0. The van der Waals surface area contributed by atoms with Gasteiger partial charge in [0, 0.05) is 5.16 Å². The lowest BCUT2D eigenvalue weighted by Gasteiger charge is -2.39. The summed E-state index contributed by atoms with van der Waals surface area (Å²) in [5, 5.41) is 0.0154. The van der Waals surface area contributed by atoms with Gasteiger partial charge in [0.25, 0.3) is 0 Å². The number of fused-ring (bicyclic) bond motifs is 1. The minimum atomic E-state index is -0.231. The van der Waals surface area contributed by atoms with Gasteiger partial charge in [-0.15, -0.1) is 9.24 Å². The standard InChI is InChI=1S/C19H31BOP/c1-16(2)12-17(3,4)15-11-13(9-10-14(15)16)20-21-18(5,6)19(7,8)22/h9-11H,12,22H2,1-8H3. The molecule has 1 aromatic carbocycles. The molecule has 3 heteroatoms. The molecule has 1 nitrogen and oxygen atoms in total. The van der Waals surface area contributed by atoms with E-state index in [1.807, 2.05) is 7.48 Å². The summed E-state index contributed by atoms with van der Waals surface area (Å²) in [7, 11) is 4.81. The average Bonchev–Trinajstić information content (AvgIpc) is 2.51. The van der Waals surface area contributed by atoms with E-state index in [0.29, 0.717) is 0 Å². The van der Waals surface area contributed by atoms with Crippen LogP contribution in [0.2, 0.25) is 0 Å². The van der Waals surface area contributed by atoms with Crippen molar-refractivity contribution in [2.75, 3.05) is 0 Å². The molecule has 0 saturated heterocycles. The van der Waals surface area contributed by atoms with Crippen molar-refractivity contribution in [3.63, 3.8) is 0 Å². The molecule has 0 spiro atoms. The van der Waals surface area contributed by atoms with Crippen LogP contribution in [0.1, 0.15) is 72.9 Å². The third kappa shape index (κ3) is 3.29. The molecule has 0 aromatic heterocycles. The van der Waals surface area contributed by atoms with Crippen LogP contribution >= 0.6 is 9.24 Å². The Hall–Kier alpha value is -0.325. The Morgan fingerprint density at radius 3 is 2.09 bits per heavy atom. The zero-order valence-electron chi connectivity index (χ0n) is 15.5. The Labute approximate surface area is 140 Å². The molecule has 1 atom stereocenters. The Morgan fingerprint density at radius 1 is 1.00 bits per heavy atom. The van der Waals surface area contributed by atoms with Crippen LogP contribution in [0.25, 0.3) is 0 Å². The van der Waals surface area contributed by atoms with Crippen LogP contribution in [-0.4, -0.2) is 18.2 Å². The smallest absolute Gasteiger partial charge is 0.330 e. The molecule has 1 aliphatic carbocycles. The molecule has 2 rings (SSSR count). The monoisotopic (exact) mass is 317 g/mol. The predicted octanol–water partition coefficient (Wildman–Crippen LogP) is 4.34. The van der Waals surface area contributed by atoms with Gasteiger partial charge in [-0.05, 0) is 42.2 Å². The Kier molecular flexibility index (Phi) is 4.38. The van der Waals surface area contributed by atoms with Gasteiger partial charge in [-0.1, -0.05) is 65.2 Å². The van der Waals surface area contributed by atoms with Crippen molar-refractivity contribution < 1.29 is 4.65 Å². The first-order valence-electron chi connectivity index (χ1n) is 8.21. The summed E-state index contributed by atoms with van der Waals surface area (Å²) in [5.41, 5.74) is 4.38. The van der Waals surface area contributed by atoms with Crippen molar-refractivity contribution in [2.24, 2.45) is 0 Å². The second-order valence-corrected chi connectivity index (χ2v) is 10.7. The molecular weight excluding hydrogens is 286 g/mol. The van der Waals surface area contributed by atoms with Crippen molar-refractivity contribution in [1.82, 2.24) is 0 Å². The number of hydrogen-bond donors (Lipinski definition) is 0. The highest BCUT2D eigenvalue weighted by Crippen LogP contribution is 2.48. The number of hydrogen-bond acceptors (Lipinski definition) is 1. The van der Waals surface area contributed by atoms with E-state index in [1.165, 1.54) is 17.5 Å². The lowest BCUT2D eigenvalue weighted by molar-refractivity contribution is 0.0841. The number of rotatable bonds is 4. The second kappa shape index (κ2) is 5.35. The van der Waals surface area contributed by atoms with E-state index in [1.54, 1.807) is 0 Å². The Morgan fingerprint density at radius 2 is 1.55 bits per heavy atom. The predicted molar refractivity (Wildman–Crippen MR) is 101 cm³/mol. The molecule has 1 radical (unpaired) electrons. The van der Waals surface area contributed by atoms with Crippen molar-refractivity contribution >= 4 is 22.2 Å². The van der Waals surface area contributed by atoms with Gasteiger partial charge in [0.1, 0.15) is 0 Å². The normalized spacial score (nSPS) is 19.9. The van der Waals surface area contributed by atoms with Crippen LogP contribution in [0.4, 0.5) is 0 Å². The van der Waals surface area contributed by atoms with Crippen molar-refractivity contribution in [3.8, 4) is 0 Å². The zero-order chi connectivity index (χ0) is 17.0. The largest absolute Gasteiger partial charge is 0.429 e. The van der Waals surface area contributed by atoms with Crippen LogP contribution in [0.5, 0.6) is 0 Å². The summed E-state index contributed by atoms with van der Waals surface area (Å²) < 4.78 is 6.11. The fourth-order valence-corrected chi connectivity index (χ4v) is 3.52. The quantitative estimate of drug-likeness (QED) is 0.593. The minimum absolute atomic E-state index is 0.0154. The van der Waals surface area contributed by atoms with Gasteiger partial charge in [-0.25, -0.2) is 0 Å².